The maximum absolute atomic E-state index is 13.5. The molecule has 2 aromatic carbocycles. The van der Waals surface area contributed by atoms with Crippen LogP contribution in [0.1, 0.15) is 20.7 Å². The highest BCUT2D eigenvalue weighted by Crippen LogP contribution is 2.18. The Kier molecular flexibility index (Phi) is 5.49. The molecular weight excluding hydrogens is 307 g/mol. The van der Waals surface area contributed by atoms with E-state index in [1.54, 1.807) is 24.3 Å². The molecule has 114 valence electrons. The van der Waals surface area contributed by atoms with Gasteiger partial charge < -0.3 is 10.6 Å². The molecule has 0 heterocycles. The van der Waals surface area contributed by atoms with E-state index >= 15 is 0 Å². The highest BCUT2D eigenvalue weighted by molar-refractivity contribution is 6.33. The van der Waals surface area contributed by atoms with Gasteiger partial charge in [-0.3, -0.25) is 9.59 Å². The Morgan fingerprint density at radius 3 is 2.18 bits per heavy atom. The highest BCUT2D eigenvalue weighted by atomic mass is 35.5. The summed E-state index contributed by atoms with van der Waals surface area (Å²) in [6.07, 6.45) is 0. The van der Waals surface area contributed by atoms with Gasteiger partial charge in [0.2, 0.25) is 0 Å². The first-order chi connectivity index (χ1) is 10.6. The van der Waals surface area contributed by atoms with Gasteiger partial charge in [-0.2, -0.15) is 0 Å². The Hall–Kier alpha value is -2.40. The van der Waals surface area contributed by atoms with Crippen molar-refractivity contribution in [3.63, 3.8) is 0 Å². The van der Waals surface area contributed by atoms with Crippen LogP contribution in [0.2, 0.25) is 5.02 Å². The Labute approximate surface area is 132 Å². The average Bonchev–Trinajstić information content (AvgIpc) is 2.52. The number of nitrogens with one attached hydrogen (secondary N) is 2. The predicted octanol–water partition coefficient (Wildman–Crippen LogP) is 2.64. The molecule has 4 nitrogen and oxygen atoms in total. The van der Waals surface area contributed by atoms with Crippen LogP contribution >= 0.6 is 11.6 Å². The molecule has 0 aliphatic rings. The molecule has 0 atom stereocenters. The van der Waals surface area contributed by atoms with Crippen LogP contribution in [0.3, 0.4) is 0 Å². The SMILES string of the molecule is O=C(NCCNC(=O)c1c(F)cccc1Cl)c1ccccc1. The zero-order chi connectivity index (χ0) is 15.9. The average molecular weight is 321 g/mol. The van der Waals surface area contributed by atoms with Gasteiger partial charge in [0.15, 0.2) is 0 Å². The van der Waals surface area contributed by atoms with Crippen LogP contribution in [0, 0.1) is 5.82 Å². The summed E-state index contributed by atoms with van der Waals surface area (Å²) in [5.74, 6) is -1.53. The molecule has 0 fully saturated rings. The Bertz CT molecular complexity index is 657. The normalized spacial score (nSPS) is 10.1. The van der Waals surface area contributed by atoms with Crippen molar-refractivity contribution < 1.29 is 14.0 Å². The van der Waals surface area contributed by atoms with Crippen molar-refractivity contribution in [2.45, 2.75) is 0 Å². The number of amides is 2. The lowest BCUT2D eigenvalue weighted by Crippen LogP contribution is -2.35. The van der Waals surface area contributed by atoms with E-state index in [1.165, 1.54) is 12.1 Å². The standard InChI is InChI=1S/C16H14ClFN2O2/c17-12-7-4-8-13(18)14(12)16(22)20-10-9-19-15(21)11-5-2-1-3-6-11/h1-8H,9-10H2,(H,19,21)(H,20,22). The van der Waals surface area contributed by atoms with Crippen LogP contribution in [0.15, 0.2) is 48.5 Å². The van der Waals surface area contributed by atoms with Crippen LogP contribution in [-0.4, -0.2) is 24.9 Å². The quantitative estimate of drug-likeness (QED) is 0.832. The molecule has 2 amide bonds. The van der Waals surface area contributed by atoms with Crippen molar-refractivity contribution >= 4 is 23.4 Å². The third kappa shape index (κ3) is 4.05. The summed E-state index contributed by atoms with van der Waals surface area (Å²) in [5, 5.41) is 5.21. The molecule has 0 bridgehead atoms. The van der Waals surface area contributed by atoms with Crippen LogP contribution < -0.4 is 10.6 Å². The molecule has 2 aromatic rings. The lowest BCUT2D eigenvalue weighted by Gasteiger charge is -2.08. The highest BCUT2D eigenvalue weighted by Gasteiger charge is 2.15. The number of rotatable bonds is 5. The third-order valence-corrected chi connectivity index (χ3v) is 3.24. The van der Waals surface area contributed by atoms with Crippen molar-refractivity contribution in [1.29, 1.82) is 0 Å². The van der Waals surface area contributed by atoms with Gasteiger partial charge in [-0.15, -0.1) is 0 Å². The number of benzene rings is 2. The number of carbonyl (C=O) groups is 2. The largest absolute Gasteiger partial charge is 0.350 e. The summed E-state index contributed by atoms with van der Waals surface area (Å²) in [6, 6.07) is 12.7. The molecule has 0 aliphatic carbocycles. The van der Waals surface area contributed by atoms with Crippen LogP contribution in [-0.2, 0) is 0 Å². The van der Waals surface area contributed by atoms with Gasteiger partial charge in [0.1, 0.15) is 5.82 Å². The lowest BCUT2D eigenvalue weighted by atomic mass is 10.2. The van der Waals surface area contributed by atoms with Gasteiger partial charge in [-0.05, 0) is 24.3 Å². The van der Waals surface area contributed by atoms with E-state index in [4.69, 9.17) is 11.6 Å². The molecule has 22 heavy (non-hydrogen) atoms. The van der Waals surface area contributed by atoms with Gasteiger partial charge in [0, 0.05) is 18.7 Å². The van der Waals surface area contributed by atoms with Crippen molar-refractivity contribution in [1.82, 2.24) is 10.6 Å². The molecule has 0 aliphatic heterocycles. The Morgan fingerprint density at radius 2 is 1.55 bits per heavy atom. The summed E-state index contributed by atoms with van der Waals surface area (Å²) < 4.78 is 13.5. The lowest BCUT2D eigenvalue weighted by molar-refractivity contribution is 0.0925. The van der Waals surface area contributed by atoms with Crippen molar-refractivity contribution in [2.75, 3.05) is 13.1 Å². The second-order valence-corrected chi connectivity index (χ2v) is 4.88. The van der Waals surface area contributed by atoms with Gasteiger partial charge in [0.05, 0.1) is 10.6 Å². The zero-order valence-corrected chi connectivity index (χ0v) is 12.4. The van der Waals surface area contributed by atoms with Crippen LogP contribution in [0.4, 0.5) is 4.39 Å². The molecular formula is C16H14ClFN2O2. The van der Waals surface area contributed by atoms with Gasteiger partial charge >= 0.3 is 0 Å². The molecule has 2 rings (SSSR count). The van der Waals surface area contributed by atoms with Crippen molar-refractivity contribution in [3.8, 4) is 0 Å². The van der Waals surface area contributed by atoms with Gasteiger partial charge in [0.25, 0.3) is 11.8 Å². The third-order valence-electron chi connectivity index (χ3n) is 2.92. The van der Waals surface area contributed by atoms with Crippen LogP contribution in [0.25, 0.3) is 0 Å². The first-order valence-corrected chi connectivity index (χ1v) is 7.03. The molecule has 0 radical (unpaired) electrons. The van der Waals surface area contributed by atoms with E-state index in [0.29, 0.717) is 5.56 Å². The monoisotopic (exact) mass is 320 g/mol. The molecule has 0 unspecified atom stereocenters. The van der Waals surface area contributed by atoms with Gasteiger partial charge in [-0.1, -0.05) is 35.9 Å². The molecule has 0 aromatic heterocycles. The maximum Gasteiger partial charge on any atom is 0.255 e. The maximum atomic E-state index is 13.5. The minimum Gasteiger partial charge on any atom is -0.350 e. The first-order valence-electron chi connectivity index (χ1n) is 6.65. The van der Waals surface area contributed by atoms with E-state index in [2.05, 4.69) is 10.6 Å². The van der Waals surface area contributed by atoms with Gasteiger partial charge in [-0.25, -0.2) is 4.39 Å². The minimum absolute atomic E-state index is 0.0471. The topological polar surface area (TPSA) is 58.2 Å². The summed E-state index contributed by atoms with van der Waals surface area (Å²) in [4.78, 5) is 23.6. The zero-order valence-electron chi connectivity index (χ0n) is 11.6. The fourth-order valence-corrected chi connectivity index (χ4v) is 2.10. The molecule has 0 spiro atoms. The van der Waals surface area contributed by atoms with E-state index in [9.17, 15) is 14.0 Å². The van der Waals surface area contributed by atoms with Crippen molar-refractivity contribution in [2.24, 2.45) is 0 Å². The van der Waals surface area contributed by atoms with E-state index in [1.807, 2.05) is 6.07 Å². The molecule has 0 saturated carbocycles. The van der Waals surface area contributed by atoms with E-state index in [-0.39, 0.29) is 29.6 Å². The Morgan fingerprint density at radius 1 is 0.909 bits per heavy atom. The molecule has 2 N–H and O–H groups in total. The van der Waals surface area contributed by atoms with E-state index in [0.717, 1.165) is 6.07 Å². The number of carbonyl (C=O) groups excluding carboxylic acids is 2. The predicted molar refractivity (Wildman–Crippen MR) is 82.5 cm³/mol. The van der Waals surface area contributed by atoms with E-state index < -0.39 is 11.7 Å². The summed E-state index contributed by atoms with van der Waals surface area (Å²) >= 11 is 5.80. The van der Waals surface area contributed by atoms with Crippen molar-refractivity contribution in [3.05, 3.63) is 70.5 Å². The summed E-state index contributed by atoms with van der Waals surface area (Å²) in [5.41, 5.74) is 0.338. The van der Waals surface area contributed by atoms with Crippen LogP contribution in [0.5, 0.6) is 0 Å². The molecule has 6 heteroatoms. The first kappa shape index (κ1) is 16.0. The summed E-state index contributed by atoms with van der Waals surface area (Å²) in [7, 11) is 0. The molecule has 0 saturated heterocycles. The second-order valence-electron chi connectivity index (χ2n) is 4.47. The smallest absolute Gasteiger partial charge is 0.255 e. The fraction of sp³-hybridized carbons (Fsp3) is 0.125. The summed E-state index contributed by atoms with van der Waals surface area (Å²) in [6.45, 7) is 0.396. The number of hydrogen-bond acceptors (Lipinski definition) is 2. The second kappa shape index (κ2) is 7.56. The number of halogens is 2. The number of hydrogen-bond donors (Lipinski definition) is 2. The fourth-order valence-electron chi connectivity index (χ4n) is 1.85. The minimum atomic E-state index is -0.682. The Balaban J connectivity index is 1.82.